The lowest BCUT2D eigenvalue weighted by Crippen LogP contribution is -2.07. The molecule has 0 saturated carbocycles. The number of carboxylic acids is 2. The topological polar surface area (TPSA) is 105 Å². The van der Waals surface area contributed by atoms with Crippen molar-refractivity contribution in [2.45, 2.75) is 19.4 Å². The fourth-order valence-corrected chi connectivity index (χ4v) is 1.92. The summed E-state index contributed by atoms with van der Waals surface area (Å²) in [6.45, 7) is 0.293. The summed E-state index contributed by atoms with van der Waals surface area (Å²) >= 11 is 0. The molecule has 0 saturated heterocycles. The second kappa shape index (κ2) is 7.16. The maximum atomic E-state index is 11.2. The zero-order valence-corrected chi connectivity index (χ0v) is 11.7. The highest BCUT2D eigenvalue weighted by molar-refractivity contribution is 5.90. The molecule has 1 heterocycles. The SMILES string of the molecule is O=C(O)CCCn1nnc(C(=O)O)c1/C=C/c1ccccc1. The van der Waals surface area contributed by atoms with Crippen molar-refractivity contribution in [1.29, 1.82) is 0 Å². The van der Waals surface area contributed by atoms with Crippen molar-refractivity contribution in [3.05, 3.63) is 47.3 Å². The second-order valence-electron chi connectivity index (χ2n) is 4.59. The van der Waals surface area contributed by atoms with Gasteiger partial charge in [-0.25, -0.2) is 9.48 Å². The van der Waals surface area contributed by atoms with Crippen LogP contribution in [0.4, 0.5) is 0 Å². The maximum absolute atomic E-state index is 11.2. The van der Waals surface area contributed by atoms with Gasteiger partial charge in [-0.1, -0.05) is 41.6 Å². The van der Waals surface area contributed by atoms with E-state index in [2.05, 4.69) is 10.3 Å². The molecule has 1 aromatic heterocycles. The van der Waals surface area contributed by atoms with Gasteiger partial charge in [0, 0.05) is 13.0 Å². The molecule has 1 aromatic carbocycles. The van der Waals surface area contributed by atoms with E-state index in [1.54, 1.807) is 12.2 Å². The van der Waals surface area contributed by atoms with Crippen LogP contribution in [-0.4, -0.2) is 37.1 Å². The van der Waals surface area contributed by atoms with Gasteiger partial charge < -0.3 is 10.2 Å². The molecular formula is C15H15N3O4. The first-order chi connectivity index (χ1) is 10.6. The Morgan fingerprint density at radius 2 is 1.86 bits per heavy atom. The third kappa shape index (κ3) is 4.02. The van der Waals surface area contributed by atoms with Gasteiger partial charge in [0.05, 0.1) is 5.69 Å². The van der Waals surface area contributed by atoms with E-state index in [1.165, 1.54) is 4.68 Å². The molecule has 0 spiro atoms. The Balaban J connectivity index is 2.22. The van der Waals surface area contributed by atoms with Gasteiger partial charge in [-0.05, 0) is 18.1 Å². The van der Waals surface area contributed by atoms with E-state index < -0.39 is 11.9 Å². The van der Waals surface area contributed by atoms with Gasteiger partial charge in [0.1, 0.15) is 0 Å². The first-order valence-electron chi connectivity index (χ1n) is 6.69. The third-order valence-corrected chi connectivity index (χ3v) is 2.97. The molecule has 7 heteroatoms. The van der Waals surface area contributed by atoms with Crippen molar-refractivity contribution in [2.24, 2.45) is 0 Å². The summed E-state index contributed by atoms with van der Waals surface area (Å²) in [4.78, 5) is 21.7. The van der Waals surface area contributed by atoms with Crippen LogP contribution in [0.2, 0.25) is 0 Å². The molecule has 7 nitrogen and oxygen atoms in total. The minimum absolute atomic E-state index is 0.00982. The Kier molecular flexibility index (Phi) is 5.02. The molecule has 114 valence electrons. The summed E-state index contributed by atoms with van der Waals surface area (Å²) in [5.41, 5.74) is 1.11. The molecule has 0 aliphatic rings. The number of rotatable bonds is 7. The summed E-state index contributed by atoms with van der Waals surface area (Å²) < 4.78 is 1.41. The Morgan fingerprint density at radius 3 is 2.50 bits per heavy atom. The summed E-state index contributed by atoms with van der Waals surface area (Å²) in [6.07, 6.45) is 3.73. The summed E-state index contributed by atoms with van der Waals surface area (Å²) in [6, 6.07) is 9.41. The van der Waals surface area contributed by atoms with Crippen molar-refractivity contribution in [3.8, 4) is 0 Å². The van der Waals surface area contributed by atoms with E-state index >= 15 is 0 Å². The number of benzene rings is 1. The maximum Gasteiger partial charge on any atom is 0.358 e. The number of aryl methyl sites for hydroxylation is 1. The van der Waals surface area contributed by atoms with Crippen LogP contribution in [0.5, 0.6) is 0 Å². The summed E-state index contributed by atoms with van der Waals surface area (Å²) in [5, 5.41) is 25.2. The molecule has 0 aliphatic carbocycles. The zero-order chi connectivity index (χ0) is 15.9. The Labute approximate surface area is 126 Å². The van der Waals surface area contributed by atoms with Crippen LogP contribution in [0.3, 0.4) is 0 Å². The molecule has 2 aromatic rings. The largest absolute Gasteiger partial charge is 0.481 e. The minimum Gasteiger partial charge on any atom is -0.481 e. The highest BCUT2D eigenvalue weighted by Crippen LogP contribution is 2.12. The fourth-order valence-electron chi connectivity index (χ4n) is 1.92. The molecule has 2 N–H and O–H groups in total. The van der Waals surface area contributed by atoms with Crippen molar-refractivity contribution in [1.82, 2.24) is 15.0 Å². The quantitative estimate of drug-likeness (QED) is 0.810. The number of carboxylic acid groups (broad SMARTS) is 2. The Hall–Kier alpha value is -2.96. The van der Waals surface area contributed by atoms with Gasteiger partial charge in [0.15, 0.2) is 5.69 Å². The van der Waals surface area contributed by atoms with E-state index in [0.717, 1.165) is 5.56 Å². The number of hydrogen-bond acceptors (Lipinski definition) is 4. The number of carbonyl (C=O) groups is 2. The number of aliphatic carboxylic acids is 1. The average Bonchev–Trinajstić information content (AvgIpc) is 2.89. The Morgan fingerprint density at radius 1 is 1.14 bits per heavy atom. The van der Waals surface area contributed by atoms with Crippen LogP contribution in [-0.2, 0) is 11.3 Å². The van der Waals surface area contributed by atoms with Gasteiger partial charge in [0.25, 0.3) is 0 Å². The zero-order valence-electron chi connectivity index (χ0n) is 11.7. The third-order valence-electron chi connectivity index (χ3n) is 2.97. The summed E-state index contributed by atoms with van der Waals surface area (Å²) in [7, 11) is 0. The van der Waals surface area contributed by atoms with Crippen LogP contribution in [0.15, 0.2) is 30.3 Å². The first kappa shape index (κ1) is 15.4. The van der Waals surface area contributed by atoms with Crippen molar-refractivity contribution in [2.75, 3.05) is 0 Å². The predicted octanol–water partition coefficient (Wildman–Crippen LogP) is 2.01. The molecule has 2 rings (SSSR count). The highest BCUT2D eigenvalue weighted by atomic mass is 16.4. The van der Waals surface area contributed by atoms with Crippen LogP contribution >= 0.6 is 0 Å². The standard InChI is InChI=1S/C15H15N3O4/c19-13(20)7-4-10-18-12(14(15(21)22)16-17-18)9-8-11-5-2-1-3-6-11/h1-3,5-6,8-9H,4,7,10H2,(H,19,20)(H,21,22)/b9-8+. The fraction of sp³-hybridized carbons (Fsp3) is 0.200. The molecular weight excluding hydrogens is 286 g/mol. The number of aromatic carboxylic acids is 1. The smallest absolute Gasteiger partial charge is 0.358 e. The molecule has 0 fully saturated rings. The average molecular weight is 301 g/mol. The van der Waals surface area contributed by atoms with Crippen LogP contribution in [0, 0.1) is 0 Å². The Bertz CT molecular complexity index is 692. The lowest BCUT2D eigenvalue weighted by atomic mass is 10.2. The molecule has 0 amide bonds. The molecule has 0 unspecified atom stereocenters. The molecule has 22 heavy (non-hydrogen) atoms. The summed E-state index contributed by atoms with van der Waals surface area (Å²) in [5.74, 6) is -2.07. The van der Waals surface area contributed by atoms with E-state index in [4.69, 9.17) is 10.2 Å². The highest BCUT2D eigenvalue weighted by Gasteiger charge is 2.16. The van der Waals surface area contributed by atoms with Gasteiger partial charge in [-0.15, -0.1) is 5.10 Å². The minimum atomic E-state index is -1.17. The van der Waals surface area contributed by atoms with Gasteiger partial charge in [-0.3, -0.25) is 4.79 Å². The predicted molar refractivity (Wildman–Crippen MR) is 79.2 cm³/mol. The lowest BCUT2D eigenvalue weighted by molar-refractivity contribution is -0.137. The first-order valence-corrected chi connectivity index (χ1v) is 6.69. The number of nitrogens with zero attached hydrogens (tertiary/aromatic N) is 3. The van der Waals surface area contributed by atoms with Crippen molar-refractivity contribution in [3.63, 3.8) is 0 Å². The van der Waals surface area contributed by atoms with E-state index in [-0.39, 0.29) is 12.1 Å². The molecule has 0 atom stereocenters. The van der Waals surface area contributed by atoms with Gasteiger partial charge in [0.2, 0.25) is 0 Å². The lowest BCUT2D eigenvalue weighted by Gasteiger charge is -2.02. The van der Waals surface area contributed by atoms with E-state index in [9.17, 15) is 9.59 Å². The van der Waals surface area contributed by atoms with Crippen LogP contribution < -0.4 is 0 Å². The van der Waals surface area contributed by atoms with Gasteiger partial charge in [-0.2, -0.15) is 0 Å². The van der Waals surface area contributed by atoms with Crippen molar-refractivity contribution < 1.29 is 19.8 Å². The number of hydrogen-bond donors (Lipinski definition) is 2. The van der Waals surface area contributed by atoms with Gasteiger partial charge >= 0.3 is 11.9 Å². The van der Waals surface area contributed by atoms with Crippen molar-refractivity contribution >= 4 is 24.1 Å². The number of aromatic nitrogens is 3. The van der Waals surface area contributed by atoms with Crippen LogP contribution in [0.25, 0.3) is 12.2 Å². The van der Waals surface area contributed by atoms with Crippen LogP contribution in [0.1, 0.15) is 34.6 Å². The second-order valence-corrected chi connectivity index (χ2v) is 4.59. The molecule has 0 aliphatic heterocycles. The van der Waals surface area contributed by atoms with E-state index in [0.29, 0.717) is 18.7 Å². The van der Waals surface area contributed by atoms with E-state index in [1.807, 2.05) is 30.3 Å². The normalized spacial score (nSPS) is 10.9. The molecule has 0 radical (unpaired) electrons. The monoisotopic (exact) mass is 301 g/mol. The molecule has 0 bridgehead atoms.